The summed E-state index contributed by atoms with van der Waals surface area (Å²) >= 11 is 5.82. The molecule has 1 atom stereocenters. The first-order chi connectivity index (χ1) is 9.36. The zero-order chi connectivity index (χ0) is 15.3. The minimum Gasteiger partial charge on any atom is -0.397 e. The molecule has 0 aliphatic heterocycles. The van der Waals surface area contributed by atoms with Gasteiger partial charge in [-0.2, -0.15) is 0 Å². The summed E-state index contributed by atoms with van der Waals surface area (Å²) in [5.74, 6) is -0.166. The minimum absolute atomic E-state index is 0.0128. The minimum atomic E-state index is -0.364. The van der Waals surface area contributed by atoms with Crippen molar-refractivity contribution < 1.29 is 9.90 Å². The second-order valence-corrected chi connectivity index (χ2v) is 5.39. The molecule has 0 aromatic heterocycles. The highest BCUT2D eigenvalue weighted by Gasteiger charge is 2.23. The Labute approximate surface area is 124 Å². The summed E-state index contributed by atoms with van der Waals surface area (Å²) in [6.45, 7) is 6.23. The number of anilines is 2. The lowest BCUT2D eigenvalue weighted by molar-refractivity contribution is -0.121. The van der Waals surface area contributed by atoms with Crippen LogP contribution in [0.1, 0.15) is 20.8 Å². The summed E-state index contributed by atoms with van der Waals surface area (Å²) in [5, 5.41) is 12.4. The number of carbonyl (C=O) groups is 1. The number of hydrogen-bond acceptors (Lipinski definition) is 4. The third kappa shape index (κ3) is 4.37. The van der Waals surface area contributed by atoms with Gasteiger partial charge in [-0.3, -0.25) is 9.69 Å². The lowest BCUT2D eigenvalue weighted by atomic mass is 10.2. The summed E-state index contributed by atoms with van der Waals surface area (Å²) in [6, 6.07) is 4.73. The van der Waals surface area contributed by atoms with E-state index in [9.17, 15) is 4.79 Å². The van der Waals surface area contributed by atoms with Gasteiger partial charge < -0.3 is 16.2 Å². The third-order valence-electron chi connectivity index (χ3n) is 3.17. The summed E-state index contributed by atoms with van der Waals surface area (Å²) in [5.41, 5.74) is 6.78. The van der Waals surface area contributed by atoms with Crippen molar-refractivity contribution in [1.29, 1.82) is 0 Å². The molecule has 0 aliphatic carbocycles. The van der Waals surface area contributed by atoms with Crippen molar-refractivity contribution in [2.45, 2.75) is 32.9 Å². The smallest absolute Gasteiger partial charge is 0.241 e. The van der Waals surface area contributed by atoms with E-state index in [0.717, 1.165) is 0 Å². The van der Waals surface area contributed by atoms with E-state index in [4.69, 9.17) is 22.4 Å². The molecular weight excluding hydrogens is 278 g/mol. The van der Waals surface area contributed by atoms with E-state index in [1.165, 1.54) is 0 Å². The number of halogens is 1. The highest BCUT2D eigenvalue weighted by Crippen LogP contribution is 2.23. The molecule has 0 bridgehead atoms. The number of benzene rings is 1. The molecular formula is C14H22ClN3O2. The van der Waals surface area contributed by atoms with Crippen LogP contribution in [0.4, 0.5) is 11.4 Å². The van der Waals surface area contributed by atoms with Gasteiger partial charge in [0.15, 0.2) is 0 Å². The molecule has 1 amide bonds. The van der Waals surface area contributed by atoms with Crippen LogP contribution >= 0.6 is 11.6 Å². The number of carbonyl (C=O) groups excluding carboxylic acids is 1. The highest BCUT2D eigenvalue weighted by molar-refractivity contribution is 6.31. The van der Waals surface area contributed by atoms with E-state index in [2.05, 4.69) is 5.32 Å². The fourth-order valence-corrected chi connectivity index (χ4v) is 2.23. The van der Waals surface area contributed by atoms with Gasteiger partial charge in [0.1, 0.15) is 0 Å². The summed E-state index contributed by atoms with van der Waals surface area (Å²) in [6.07, 6.45) is 0. The number of nitrogen functional groups attached to an aromatic ring is 1. The topological polar surface area (TPSA) is 78.6 Å². The average Bonchev–Trinajstić information content (AvgIpc) is 2.38. The van der Waals surface area contributed by atoms with Gasteiger partial charge in [-0.15, -0.1) is 0 Å². The Bertz CT molecular complexity index is 466. The van der Waals surface area contributed by atoms with Crippen LogP contribution in [0.25, 0.3) is 0 Å². The van der Waals surface area contributed by atoms with Gasteiger partial charge in [0.05, 0.1) is 24.0 Å². The number of aliphatic hydroxyl groups excluding tert-OH is 1. The average molecular weight is 300 g/mol. The summed E-state index contributed by atoms with van der Waals surface area (Å²) < 4.78 is 0. The van der Waals surface area contributed by atoms with E-state index < -0.39 is 0 Å². The first-order valence-electron chi connectivity index (χ1n) is 6.59. The van der Waals surface area contributed by atoms with Crippen LogP contribution in [0.15, 0.2) is 18.2 Å². The zero-order valence-corrected chi connectivity index (χ0v) is 12.8. The Hall–Kier alpha value is -1.30. The number of hydrogen-bond donors (Lipinski definition) is 3. The van der Waals surface area contributed by atoms with E-state index in [-0.39, 0.29) is 24.6 Å². The molecule has 4 N–H and O–H groups in total. The number of nitrogens with zero attached hydrogens (tertiary/aromatic N) is 1. The van der Waals surface area contributed by atoms with E-state index >= 15 is 0 Å². The van der Waals surface area contributed by atoms with Crippen LogP contribution in [0.5, 0.6) is 0 Å². The Morgan fingerprint density at radius 3 is 2.60 bits per heavy atom. The molecule has 0 saturated heterocycles. The van der Waals surface area contributed by atoms with Crippen molar-refractivity contribution in [3.8, 4) is 0 Å². The van der Waals surface area contributed by atoms with Crippen LogP contribution < -0.4 is 11.1 Å². The fraction of sp³-hybridized carbons (Fsp3) is 0.500. The largest absolute Gasteiger partial charge is 0.397 e. The molecule has 112 valence electrons. The van der Waals surface area contributed by atoms with Crippen molar-refractivity contribution in [1.82, 2.24) is 4.90 Å². The molecule has 5 nitrogen and oxygen atoms in total. The summed E-state index contributed by atoms with van der Waals surface area (Å²) in [4.78, 5) is 14.2. The Morgan fingerprint density at radius 1 is 1.45 bits per heavy atom. The van der Waals surface area contributed by atoms with Gasteiger partial charge in [0.2, 0.25) is 5.91 Å². The van der Waals surface area contributed by atoms with Crippen LogP contribution in [0, 0.1) is 0 Å². The molecule has 0 radical (unpaired) electrons. The lowest BCUT2D eigenvalue weighted by Gasteiger charge is -2.31. The maximum Gasteiger partial charge on any atom is 0.241 e. The van der Waals surface area contributed by atoms with Crippen LogP contribution in [0.2, 0.25) is 5.02 Å². The molecule has 0 saturated carbocycles. The molecule has 1 aromatic rings. The number of amides is 1. The van der Waals surface area contributed by atoms with Crippen LogP contribution in [-0.2, 0) is 4.79 Å². The normalized spacial score (nSPS) is 12.8. The quantitative estimate of drug-likeness (QED) is 0.702. The van der Waals surface area contributed by atoms with Crippen molar-refractivity contribution in [3.63, 3.8) is 0 Å². The van der Waals surface area contributed by atoms with E-state index in [1.807, 2.05) is 18.7 Å². The molecule has 0 spiro atoms. The maximum absolute atomic E-state index is 12.2. The standard InChI is InChI=1S/C14H22ClN3O2/c1-9(2)18(6-7-19)10(3)14(20)17-13-5-4-11(15)8-12(13)16/h4-5,8-10,19H,6-7,16H2,1-3H3,(H,17,20). The first kappa shape index (κ1) is 16.8. The number of rotatable bonds is 6. The van der Waals surface area contributed by atoms with Gasteiger partial charge >= 0.3 is 0 Å². The molecule has 1 rings (SSSR count). The second-order valence-electron chi connectivity index (χ2n) is 4.95. The molecule has 0 aliphatic rings. The third-order valence-corrected chi connectivity index (χ3v) is 3.40. The SMILES string of the molecule is CC(C)N(CCO)C(C)C(=O)Nc1ccc(Cl)cc1N. The Kier molecular flexibility index (Phi) is 6.26. The predicted octanol–water partition coefficient (Wildman–Crippen LogP) is 1.95. The lowest BCUT2D eigenvalue weighted by Crippen LogP contribution is -2.47. The fourth-order valence-electron chi connectivity index (χ4n) is 2.05. The zero-order valence-electron chi connectivity index (χ0n) is 12.1. The number of aliphatic hydroxyl groups is 1. The highest BCUT2D eigenvalue weighted by atomic mass is 35.5. The van der Waals surface area contributed by atoms with Crippen molar-refractivity contribution >= 4 is 28.9 Å². The summed E-state index contributed by atoms with van der Waals surface area (Å²) in [7, 11) is 0. The van der Waals surface area contributed by atoms with Crippen molar-refractivity contribution in [3.05, 3.63) is 23.2 Å². The van der Waals surface area contributed by atoms with E-state index in [1.54, 1.807) is 25.1 Å². The van der Waals surface area contributed by atoms with Gasteiger partial charge in [-0.25, -0.2) is 0 Å². The molecule has 1 aromatic carbocycles. The maximum atomic E-state index is 12.2. The van der Waals surface area contributed by atoms with Gasteiger partial charge in [-0.1, -0.05) is 11.6 Å². The molecule has 0 heterocycles. The Morgan fingerprint density at radius 2 is 2.10 bits per heavy atom. The number of nitrogens with two attached hydrogens (primary N) is 1. The van der Waals surface area contributed by atoms with Crippen LogP contribution in [-0.4, -0.2) is 41.1 Å². The second kappa shape index (κ2) is 7.47. The van der Waals surface area contributed by atoms with Crippen molar-refractivity contribution in [2.24, 2.45) is 0 Å². The monoisotopic (exact) mass is 299 g/mol. The Balaban J connectivity index is 2.78. The van der Waals surface area contributed by atoms with Gasteiger partial charge in [0.25, 0.3) is 0 Å². The van der Waals surface area contributed by atoms with Gasteiger partial charge in [-0.05, 0) is 39.0 Å². The van der Waals surface area contributed by atoms with E-state index in [0.29, 0.717) is 22.9 Å². The van der Waals surface area contributed by atoms with Crippen molar-refractivity contribution in [2.75, 3.05) is 24.2 Å². The molecule has 1 unspecified atom stereocenters. The number of nitrogens with one attached hydrogen (secondary N) is 1. The van der Waals surface area contributed by atoms with Gasteiger partial charge in [0, 0.05) is 17.6 Å². The first-order valence-corrected chi connectivity index (χ1v) is 6.97. The molecule has 20 heavy (non-hydrogen) atoms. The predicted molar refractivity (Wildman–Crippen MR) is 82.9 cm³/mol. The molecule has 6 heteroatoms. The van der Waals surface area contributed by atoms with Crippen LogP contribution in [0.3, 0.4) is 0 Å². The molecule has 0 fully saturated rings.